The average Bonchev–Trinajstić information content (AvgIpc) is 2.12. The first-order valence-corrected chi connectivity index (χ1v) is 5.54. The van der Waals surface area contributed by atoms with Gasteiger partial charge in [0.05, 0.1) is 7.05 Å². The summed E-state index contributed by atoms with van der Waals surface area (Å²) < 4.78 is 10.7. The summed E-state index contributed by atoms with van der Waals surface area (Å²) in [6.07, 6.45) is -1.82. The van der Waals surface area contributed by atoms with E-state index in [1.165, 1.54) is 14.0 Å². The fourth-order valence-electron chi connectivity index (χ4n) is 0.832. The third-order valence-corrected chi connectivity index (χ3v) is 1.45. The van der Waals surface area contributed by atoms with Crippen LogP contribution in [-0.4, -0.2) is 47.4 Å². The van der Waals surface area contributed by atoms with Gasteiger partial charge in [-0.3, -0.25) is 0 Å². The molecule has 0 amide bonds. The second-order valence-electron chi connectivity index (χ2n) is 4.67. The molecule has 0 saturated carbocycles. The Balaban J connectivity index is 3.96. The van der Waals surface area contributed by atoms with Crippen molar-refractivity contribution in [1.29, 1.82) is 0 Å². The first kappa shape index (κ1) is 17.1. The monoisotopic (exact) mass is 278 g/mol. The molecule has 1 atom stereocenters. The van der Waals surface area contributed by atoms with E-state index in [1.807, 2.05) is 0 Å². The number of nitrogens with one attached hydrogen (secondary N) is 1. The molecular formula is C10H20N3O6+. The first-order valence-electron chi connectivity index (χ1n) is 5.54. The normalized spacial score (nSPS) is 13.6. The highest BCUT2D eigenvalue weighted by Gasteiger charge is 2.20. The van der Waals surface area contributed by atoms with Gasteiger partial charge in [-0.2, -0.15) is 4.70 Å². The van der Waals surface area contributed by atoms with Crippen LogP contribution < -0.4 is 5.59 Å². The third kappa shape index (κ3) is 10.9. The van der Waals surface area contributed by atoms with Crippen molar-refractivity contribution in [2.45, 2.75) is 39.6 Å². The minimum Gasteiger partial charge on any atom is -0.478 e. The predicted octanol–water partition coefficient (Wildman–Crippen LogP) is 0.899. The molecule has 0 fully saturated rings. The Kier molecular flexibility index (Phi) is 6.76. The Morgan fingerprint density at radius 3 is 2.47 bits per heavy atom. The predicted molar refractivity (Wildman–Crippen MR) is 62.1 cm³/mol. The summed E-state index contributed by atoms with van der Waals surface area (Å²) in [5.74, 6) is -1.04. The molecule has 0 radical (unpaired) electrons. The number of likely N-dealkylation sites (N-methyl/N-ethyl adjacent to an activating group) is 1. The van der Waals surface area contributed by atoms with Gasteiger partial charge in [0.15, 0.2) is 0 Å². The lowest BCUT2D eigenvalue weighted by Crippen LogP contribution is -2.30. The molecule has 9 nitrogen and oxygen atoms in total. The van der Waals surface area contributed by atoms with Crippen molar-refractivity contribution in [2.24, 2.45) is 5.22 Å². The van der Waals surface area contributed by atoms with E-state index < -0.39 is 24.0 Å². The molecule has 110 valence electrons. The van der Waals surface area contributed by atoms with Gasteiger partial charge in [0, 0.05) is 6.92 Å². The number of carboxylic acid groups (broad SMARTS) is 1. The number of carbonyl (C=O) groups excluding carboxylic acids is 1. The Bertz CT molecular complexity index is 350. The van der Waals surface area contributed by atoms with Gasteiger partial charge in [-0.1, -0.05) is 0 Å². The van der Waals surface area contributed by atoms with Crippen LogP contribution in [0.3, 0.4) is 0 Å². The van der Waals surface area contributed by atoms with Gasteiger partial charge in [-0.05, 0) is 26.4 Å². The smallest absolute Gasteiger partial charge is 0.478 e. The summed E-state index contributed by atoms with van der Waals surface area (Å²) in [6, 6.07) is 0. The quantitative estimate of drug-likeness (QED) is 0.244. The highest BCUT2D eigenvalue weighted by atomic mass is 16.8. The number of aliphatic carboxylic acids is 1. The van der Waals surface area contributed by atoms with Crippen LogP contribution in [0.1, 0.15) is 27.7 Å². The molecule has 19 heavy (non-hydrogen) atoms. The Hall–Kier alpha value is -1.90. The minimum absolute atomic E-state index is 0.294. The van der Waals surface area contributed by atoms with E-state index in [-0.39, 0.29) is 6.54 Å². The van der Waals surface area contributed by atoms with Crippen LogP contribution in [0.15, 0.2) is 5.22 Å². The lowest BCUT2D eigenvalue weighted by Gasteiger charge is -2.19. The van der Waals surface area contributed by atoms with E-state index in [0.717, 1.165) is 4.70 Å². The first-order chi connectivity index (χ1) is 8.60. The zero-order valence-electron chi connectivity index (χ0n) is 11.7. The van der Waals surface area contributed by atoms with E-state index in [1.54, 1.807) is 20.8 Å². The van der Waals surface area contributed by atoms with Crippen molar-refractivity contribution in [3.63, 3.8) is 0 Å². The molecule has 0 aromatic heterocycles. The van der Waals surface area contributed by atoms with Crippen molar-refractivity contribution in [2.75, 3.05) is 13.6 Å². The molecule has 0 heterocycles. The number of carboxylic acids is 1. The highest BCUT2D eigenvalue weighted by molar-refractivity contribution is 5.67. The van der Waals surface area contributed by atoms with Crippen molar-refractivity contribution in [3.05, 3.63) is 0 Å². The van der Waals surface area contributed by atoms with Gasteiger partial charge >= 0.3 is 12.1 Å². The van der Waals surface area contributed by atoms with E-state index in [0.29, 0.717) is 0 Å². The second kappa shape index (κ2) is 7.52. The third-order valence-electron chi connectivity index (χ3n) is 1.45. The topological polar surface area (TPSA) is 109 Å². The molecule has 0 aliphatic heterocycles. The zero-order valence-corrected chi connectivity index (χ0v) is 11.7. The largest absolute Gasteiger partial charge is 0.511 e. The number of carbonyl (C=O) groups is 2. The van der Waals surface area contributed by atoms with Gasteiger partial charge in [0.25, 0.3) is 6.29 Å². The zero-order chi connectivity index (χ0) is 15.1. The van der Waals surface area contributed by atoms with Crippen LogP contribution in [0.2, 0.25) is 0 Å². The summed E-state index contributed by atoms with van der Waals surface area (Å²) in [4.78, 5) is 26.4. The highest BCUT2D eigenvalue weighted by Crippen LogP contribution is 2.09. The van der Waals surface area contributed by atoms with Crippen molar-refractivity contribution < 1.29 is 33.7 Å². The minimum atomic E-state index is -1.04. The van der Waals surface area contributed by atoms with Gasteiger partial charge < -0.3 is 14.6 Å². The Morgan fingerprint density at radius 2 is 2.00 bits per heavy atom. The summed E-state index contributed by atoms with van der Waals surface area (Å²) in [5.41, 5.74) is 1.46. The number of rotatable bonds is 6. The number of nitrogens with zero attached hydrogens (tertiary/aromatic N) is 2. The molecular weight excluding hydrogens is 258 g/mol. The van der Waals surface area contributed by atoms with E-state index >= 15 is 0 Å². The molecule has 0 saturated heterocycles. The second-order valence-corrected chi connectivity index (χ2v) is 4.67. The van der Waals surface area contributed by atoms with Crippen molar-refractivity contribution >= 4 is 12.1 Å². The number of hydrogen-bond acceptors (Lipinski definition) is 6. The van der Waals surface area contributed by atoms with Crippen LogP contribution >= 0.6 is 0 Å². The molecule has 0 spiro atoms. The fraction of sp³-hybridized carbons (Fsp3) is 0.800. The average molecular weight is 278 g/mol. The summed E-state index contributed by atoms with van der Waals surface area (Å²) in [5, 5.41) is 12.0. The van der Waals surface area contributed by atoms with E-state index in [9.17, 15) is 9.59 Å². The lowest BCUT2D eigenvalue weighted by molar-refractivity contribution is -0.568. The lowest BCUT2D eigenvalue weighted by atomic mass is 10.2. The van der Waals surface area contributed by atoms with Crippen LogP contribution in [-0.2, 0) is 19.1 Å². The van der Waals surface area contributed by atoms with Crippen LogP contribution in [0.5, 0.6) is 0 Å². The summed E-state index contributed by atoms with van der Waals surface area (Å²) >= 11 is 0. The summed E-state index contributed by atoms with van der Waals surface area (Å²) in [7, 11) is 1.43. The van der Waals surface area contributed by atoms with Crippen molar-refractivity contribution in [3.8, 4) is 0 Å². The molecule has 0 rings (SSSR count). The molecule has 2 N–H and O–H groups in total. The molecule has 0 aliphatic rings. The van der Waals surface area contributed by atoms with Gasteiger partial charge in [-0.25, -0.2) is 9.59 Å². The molecule has 0 bridgehead atoms. The van der Waals surface area contributed by atoms with Gasteiger partial charge in [0.1, 0.15) is 10.8 Å². The maximum absolute atomic E-state index is 11.2. The number of hydrogen-bond donors (Lipinski definition) is 2. The summed E-state index contributed by atoms with van der Waals surface area (Å²) in [6.45, 7) is 6.26. The van der Waals surface area contributed by atoms with Gasteiger partial charge in [-0.15, -0.1) is 4.84 Å². The van der Waals surface area contributed by atoms with E-state index in [4.69, 9.17) is 19.4 Å². The molecule has 1 unspecified atom stereocenters. The van der Waals surface area contributed by atoms with Crippen LogP contribution in [0, 0.1) is 0 Å². The maximum atomic E-state index is 11.2. The maximum Gasteiger partial charge on any atom is 0.511 e. The Morgan fingerprint density at radius 1 is 1.42 bits per heavy atom. The molecule has 0 aromatic rings. The van der Waals surface area contributed by atoms with Gasteiger partial charge in [0.2, 0.25) is 6.54 Å². The van der Waals surface area contributed by atoms with E-state index in [2.05, 4.69) is 10.8 Å². The fourth-order valence-corrected chi connectivity index (χ4v) is 0.832. The molecule has 0 aliphatic carbocycles. The van der Waals surface area contributed by atoms with Crippen LogP contribution in [0.25, 0.3) is 0 Å². The molecule has 9 heteroatoms. The standard InChI is InChI=1S/C10H19N3O6/c1-7(17-9(16)18-10(2,3)4)19-12-11-13(5)6-8(14)15/h7H,6H2,1-5H3,(H,14,15)/p+1. The Labute approximate surface area is 111 Å². The molecule has 0 aromatic carbocycles. The van der Waals surface area contributed by atoms with Crippen molar-refractivity contribution in [1.82, 2.24) is 5.59 Å². The van der Waals surface area contributed by atoms with Crippen LogP contribution in [0.4, 0.5) is 4.79 Å². The number of ether oxygens (including phenoxy) is 2. The SMILES string of the molecule is CC(ONN=[N+](C)CC(=O)O)OC(=O)OC(C)(C)C.